The number of aliphatic hydroxyl groups excluding tert-OH is 1. The van der Waals surface area contributed by atoms with Gasteiger partial charge in [-0.25, -0.2) is 0 Å². The lowest BCUT2D eigenvalue weighted by atomic mass is 10.1. The predicted molar refractivity (Wildman–Crippen MR) is 150 cm³/mol. The summed E-state index contributed by atoms with van der Waals surface area (Å²) < 4.78 is 19.9. The van der Waals surface area contributed by atoms with Gasteiger partial charge in [0.2, 0.25) is 0 Å². The van der Waals surface area contributed by atoms with Crippen LogP contribution in [0.2, 0.25) is 0 Å². The van der Waals surface area contributed by atoms with Crippen LogP contribution in [0.5, 0.6) is 0 Å². The van der Waals surface area contributed by atoms with Crippen molar-refractivity contribution in [2.45, 2.75) is 44.6 Å². The molecule has 1 aliphatic heterocycles. The predicted octanol–water partition coefficient (Wildman–Crippen LogP) is 6.45. The van der Waals surface area contributed by atoms with Gasteiger partial charge in [-0.3, -0.25) is 0 Å². The molecular formula is C30H34O4S2. The first kappa shape index (κ1) is 27.0. The van der Waals surface area contributed by atoms with Crippen molar-refractivity contribution in [3.63, 3.8) is 0 Å². The lowest BCUT2D eigenvalue weighted by molar-refractivity contribution is -0.133. The minimum absolute atomic E-state index is 0.156. The molecule has 1 saturated heterocycles. The van der Waals surface area contributed by atoms with Gasteiger partial charge < -0.3 is 19.3 Å². The Morgan fingerprint density at radius 2 is 1.19 bits per heavy atom. The molecule has 1 N–H and O–H groups in total. The van der Waals surface area contributed by atoms with Crippen LogP contribution in [0.3, 0.4) is 0 Å². The Balaban J connectivity index is 1.49. The van der Waals surface area contributed by atoms with E-state index in [1.54, 1.807) is 0 Å². The molecule has 4 rings (SSSR count). The summed E-state index contributed by atoms with van der Waals surface area (Å²) in [5.41, 5.74) is 3.21. The van der Waals surface area contributed by atoms with Gasteiger partial charge in [0.25, 0.3) is 0 Å². The van der Waals surface area contributed by atoms with Crippen LogP contribution in [0.25, 0.3) is 0 Å². The first-order valence-corrected chi connectivity index (χ1v) is 14.3. The highest BCUT2D eigenvalue weighted by molar-refractivity contribution is 8.22. The molecule has 0 aromatic heterocycles. The molecule has 3 atom stereocenters. The summed E-state index contributed by atoms with van der Waals surface area (Å²) in [7, 11) is 0. The maximum atomic E-state index is 11.3. The summed E-state index contributed by atoms with van der Waals surface area (Å²) in [6.07, 6.45) is 1.48. The monoisotopic (exact) mass is 522 g/mol. The zero-order chi connectivity index (χ0) is 24.8. The van der Waals surface area contributed by atoms with Crippen molar-refractivity contribution in [2.24, 2.45) is 0 Å². The highest BCUT2D eigenvalue weighted by atomic mass is 32.2. The molecule has 3 aromatic rings. The molecule has 0 unspecified atom stereocenters. The molecule has 0 saturated carbocycles. The molecule has 190 valence electrons. The Morgan fingerprint density at radius 1 is 0.694 bits per heavy atom. The fourth-order valence-corrected chi connectivity index (χ4v) is 6.30. The van der Waals surface area contributed by atoms with E-state index in [0.717, 1.165) is 28.2 Å². The molecule has 0 aliphatic carbocycles. The molecule has 1 heterocycles. The molecule has 4 nitrogen and oxygen atoms in total. The fraction of sp³-hybridized carbons (Fsp3) is 0.333. The van der Waals surface area contributed by atoms with Crippen molar-refractivity contribution in [1.29, 1.82) is 0 Å². The van der Waals surface area contributed by atoms with Gasteiger partial charge in [0.1, 0.15) is 18.3 Å². The Hall–Kier alpha value is -2.06. The second kappa shape index (κ2) is 15.3. The molecule has 0 spiro atoms. The summed E-state index contributed by atoms with van der Waals surface area (Å²) in [6, 6.07) is 30.1. The molecule has 0 bridgehead atoms. The summed E-state index contributed by atoms with van der Waals surface area (Å²) in [6.45, 7) is 1.41. The molecule has 0 amide bonds. The second-order valence-electron chi connectivity index (χ2n) is 8.63. The van der Waals surface area contributed by atoms with E-state index >= 15 is 0 Å². The number of hydrogen-bond acceptors (Lipinski definition) is 6. The van der Waals surface area contributed by atoms with Crippen molar-refractivity contribution in [1.82, 2.24) is 0 Å². The van der Waals surface area contributed by atoms with Crippen LogP contribution in [-0.4, -0.2) is 41.5 Å². The van der Waals surface area contributed by atoms with Crippen LogP contribution in [0.1, 0.15) is 23.1 Å². The molecular weight excluding hydrogens is 488 g/mol. The van der Waals surface area contributed by atoms with Crippen molar-refractivity contribution in [3.8, 4) is 0 Å². The van der Waals surface area contributed by atoms with E-state index in [1.807, 2.05) is 115 Å². The topological polar surface area (TPSA) is 47.9 Å². The van der Waals surface area contributed by atoms with E-state index in [9.17, 15) is 5.11 Å². The van der Waals surface area contributed by atoms with Gasteiger partial charge in [0.05, 0.1) is 26.4 Å². The van der Waals surface area contributed by atoms with Gasteiger partial charge >= 0.3 is 0 Å². The third kappa shape index (κ3) is 9.11. The summed E-state index contributed by atoms with van der Waals surface area (Å²) >= 11 is 3.70. The zero-order valence-corrected chi connectivity index (χ0v) is 22.0. The van der Waals surface area contributed by atoms with Gasteiger partial charge in [-0.05, 0) is 40.7 Å². The lowest BCUT2D eigenvalue weighted by Gasteiger charge is -2.30. The number of aliphatic hydroxyl groups is 1. The second-order valence-corrected chi connectivity index (χ2v) is 11.2. The Labute approximate surface area is 223 Å². The number of rotatable bonds is 13. The number of hydrogen-bond donors (Lipinski definition) is 1. The summed E-state index contributed by atoms with van der Waals surface area (Å²) in [5.74, 6) is 2.20. The van der Waals surface area contributed by atoms with Crippen LogP contribution in [-0.2, 0) is 34.0 Å². The zero-order valence-electron chi connectivity index (χ0n) is 20.4. The molecule has 6 heteroatoms. The number of thioether (sulfide) groups is 2. The van der Waals surface area contributed by atoms with Gasteiger partial charge in [-0.2, -0.15) is 0 Å². The Kier molecular flexibility index (Phi) is 11.4. The lowest BCUT2D eigenvalue weighted by Crippen LogP contribution is -2.43. The largest absolute Gasteiger partial charge is 0.388 e. The van der Waals surface area contributed by atoms with Gasteiger partial charge in [0, 0.05) is 4.24 Å². The molecule has 1 aliphatic rings. The van der Waals surface area contributed by atoms with Crippen molar-refractivity contribution in [2.75, 3.05) is 18.1 Å². The average Bonchev–Trinajstić information content (AvgIpc) is 2.94. The molecule has 0 radical (unpaired) electrons. The van der Waals surface area contributed by atoms with E-state index in [4.69, 9.17) is 14.2 Å². The first-order chi connectivity index (χ1) is 17.8. The van der Waals surface area contributed by atoms with Crippen LogP contribution < -0.4 is 0 Å². The summed E-state index contributed by atoms with van der Waals surface area (Å²) in [4.78, 5) is 0. The summed E-state index contributed by atoms with van der Waals surface area (Å²) in [5, 5.41) is 11.3. The van der Waals surface area contributed by atoms with Crippen molar-refractivity contribution >= 4 is 23.5 Å². The Bertz CT molecular complexity index is 1020. The minimum Gasteiger partial charge on any atom is -0.388 e. The van der Waals surface area contributed by atoms with Gasteiger partial charge in [-0.1, -0.05) is 91.0 Å². The van der Waals surface area contributed by atoms with Crippen molar-refractivity contribution < 1.29 is 19.3 Å². The highest BCUT2D eigenvalue weighted by Gasteiger charge is 2.30. The third-order valence-electron chi connectivity index (χ3n) is 5.75. The van der Waals surface area contributed by atoms with E-state index in [0.29, 0.717) is 19.8 Å². The number of benzene rings is 3. The van der Waals surface area contributed by atoms with E-state index in [1.165, 1.54) is 10.7 Å². The number of ether oxygens (including phenoxy) is 3. The van der Waals surface area contributed by atoms with Crippen LogP contribution >= 0.6 is 23.5 Å². The van der Waals surface area contributed by atoms with E-state index < -0.39 is 18.3 Å². The van der Waals surface area contributed by atoms with Gasteiger partial charge in [0.15, 0.2) is 0 Å². The minimum atomic E-state index is -0.853. The van der Waals surface area contributed by atoms with Gasteiger partial charge in [-0.15, -0.1) is 23.5 Å². The average molecular weight is 523 g/mol. The van der Waals surface area contributed by atoms with Crippen LogP contribution in [0.4, 0.5) is 0 Å². The maximum absolute atomic E-state index is 11.3. The SMILES string of the molecule is O[C@H](COCc1ccccc1)[C@@H](OCc1ccccc1)[C@@H](C=C1SCCCS1)OCc1ccccc1. The van der Waals surface area contributed by atoms with Crippen molar-refractivity contribution in [3.05, 3.63) is 118 Å². The highest BCUT2D eigenvalue weighted by Crippen LogP contribution is 2.36. The molecule has 3 aromatic carbocycles. The quantitative estimate of drug-likeness (QED) is 0.279. The van der Waals surface area contributed by atoms with E-state index in [2.05, 4.69) is 6.08 Å². The maximum Gasteiger partial charge on any atom is 0.116 e. The third-order valence-corrected chi connectivity index (χ3v) is 8.29. The standard InChI is InChI=1S/C30H34O4S2/c31-27(23-32-20-24-11-4-1-5-12-24)30(34-22-26-15-8-3-9-16-26)28(19-29-35-17-10-18-36-29)33-21-25-13-6-2-7-14-25/h1-9,11-16,19,27-28,30-31H,10,17-18,20-23H2/t27-,28-,30-/m1/s1. The Morgan fingerprint density at radius 3 is 1.75 bits per heavy atom. The normalized spacial score (nSPS) is 16.3. The smallest absolute Gasteiger partial charge is 0.116 e. The van der Waals surface area contributed by atoms with E-state index in [-0.39, 0.29) is 6.61 Å². The van der Waals surface area contributed by atoms with Crippen LogP contribution in [0.15, 0.2) is 101 Å². The van der Waals surface area contributed by atoms with Crippen LogP contribution in [0, 0.1) is 0 Å². The first-order valence-electron chi connectivity index (χ1n) is 12.4. The molecule has 36 heavy (non-hydrogen) atoms. The molecule has 1 fully saturated rings. The fourth-order valence-electron chi connectivity index (χ4n) is 3.84.